The van der Waals surface area contributed by atoms with Crippen LogP contribution in [0.5, 0.6) is 0 Å². The molecule has 1 aromatic carbocycles. The second-order valence-electron chi connectivity index (χ2n) is 5.47. The largest absolute Gasteiger partial charge is 0.331 e. The number of amides is 1. The highest BCUT2D eigenvalue weighted by atomic mass is 16.1. The fourth-order valence-corrected chi connectivity index (χ4v) is 2.60. The van der Waals surface area contributed by atoms with Gasteiger partial charge in [0.1, 0.15) is 5.82 Å². The Labute approximate surface area is 132 Å². The third-order valence-electron chi connectivity index (χ3n) is 4.12. The van der Waals surface area contributed by atoms with E-state index in [0.717, 1.165) is 48.6 Å². The molecule has 0 aliphatic heterocycles. The Bertz CT molecular complexity index is 643. The number of fused-ring (bicyclic) bond motifs is 1. The fourth-order valence-electron chi connectivity index (χ4n) is 2.60. The second kappa shape index (κ2) is 7.40. The Morgan fingerprint density at radius 3 is 2.64 bits per heavy atom. The van der Waals surface area contributed by atoms with E-state index >= 15 is 0 Å². The molecule has 0 saturated carbocycles. The van der Waals surface area contributed by atoms with Crippen LogP contribution >= 0.6 is 0 Å². The summed E-state index contributed by atoms with van der Waals surface area (Å²) in [6.07, 6.45) is 1.42. The van der Waals surface area contributed by atoms with Crippen LogP contribution < -0.4 is 5.32 Å². The van der Waals surface area contributed by atoms with Crippen molar-refractivity contribution in [3.8, 4) is 0 Å². The zero-order chi connectivity index (χ0) is 16.1. The van der Waals surface area contributed by atoms with Gasteiger partial charge in [-0.1, -0.05) is 20.8 Å². The molecule has 0 bridgehead atoms. The monoisotopic (exact) mass is 302 g/mol. The van der Waals surface area contributed by atoms with Crippen molar-refractivity contribution in [2.75, 3.05) is 25.0 Å². The molecule has 0 spiro atoms. The van der Waals surface area contributed by atoms with Gasteiger partial charge in [-0.2, -0.15) is 0 Å². The van der Waals surface area contributed by atoms with Gasteiger partial charge in [-0.3, -0.25) is 4.79 Å². The number of anilines is 1. The van der Waals surface area contributed by atoms with Crippen LogP contribution in [-0.4, -0.2) is 40.0 Å². The number of carbonyl (C=O) groups excluding carboxylic acids is 1. The number of aromatic nitrogens is 2. The van der Waals surface area contributed by atoms with Gasteiger partial charge in [-0.15, -0.1) is 0 Å². The molecule has 0 atom stereocenters. The van der Waals surface area contributed by atoms with Crippen LogP contribution in [0.3, 0.4) is 0 Å². The SMILES string of the molecule is CCC(=O)Nc1ccc2c(c1)nc(CCN(CC)CC)n2C. The van der Waals surface area contributed by atoms with Crippen molar-refractivity contribution in [2.45, 2.75) is 33.6 Å². The summed E-state index contributed by atoms with van der Waals surface area (Å²) >= 11 is 0. The summed E-state index contributed by atoms with van der Waals surface area (Å²) < 4.78 is 2.14. The molecule has 0 aliphatic rings. The first-order chi connectivity index (χ1) is 10.6. The third-order valence-corrected chi connectivity index (χ3v) is 4.12. The molecule has 120 valence electrons. The van der Waals surface area contributed by atoms with E-state index in [4.69, 9.17) is 4.98 Å². The van der Waals surface area contributed by atoms with Crippen molar-refractivity contribution in [1.82, 2.24) is 14.5 Å². The summed E-state index contributed by atoms with van der Waals surface area (Å²) in [4.78, 5) is 18.6. The van der Waals surface area contributed by atoms with Crippen LogP contribution in [0.25, 0.3) is 11.0 Å². The lowest BCUT2D eigenvalue weighted by Gasteiger charge is -2.17. The quantitative estimate of drug-likeness (QED) is 0.855. The topological polar surface area (TPSA) is 50.2 Å². The molecule has 0 fully saturated rings. The smallest absolute Gasteiger partial charge is 0.224 e. The number of rotatable bonds is 7. The summed E-state index contributed by atoms with van der Waals surface area (Å²) in [5.74, 6) is 1.11. The zero-order valence-electron chi connectivity index (χ0n) is 14.0. The van der Waals surface area contributed by atoms with Gasteiger partial charge in [0.15, 0.2) is 0 Å². The van der Waals surface area contributed by atoms with E-state index in [9.17, 15) is 4.79 Å². The fraction of sp³-hybridized carbons (Fsp3) is 0.529. The summed E-state index contributed by atoms with van der Waals surface area (Å²) in [6, 6.07) is 5.91. The summed E-state index contributed by atoms with van der Waals surface area (Å²) in [5, 5.41) is 2.88. The Hall–Kier alpha value is -1.88. The number of nitrogens with zero attached hydrogens (tertiary/aromatic N) is 3. The van der Waals surface area contributed by atoms with E-state index in [1.165, 1.54) is 0 Å². The van der Waals surface area contributed by atoms with Crippen LogP contribution in [-0.2, 0) is 18.3 Å². The number of benzene rings is 1. The lowest BCUT2D eigenvalue weighted by Crippen LogP contribution is -2.26. The van der Waals surface area contributed by atoms with Gasteiger partial charge in [0.05, 0.1) is 11.0 Å². The number of likely N-dealkylation sites (N-methyl/N-ethyl adjacent to an activating group) is 1. The molecule has 1 aromatic heterocycles. The standard InChI is InChI=1S/C17H26N4O/c1-5-17(22)18-13-8-9-15-14(12-13)19-16(20(15)4)10-11-21(6-2)7-3/h8-9,12H,5-7,10-11H2,1-4H3,(H,18,22). The van der Waals surface area contributed by atoms with Crippen molar-refractivity contribution in [3.05, 3.63) is 24.0 Å². The van der Waals surface area contributed by atoms with E-state index in [1.807, 2.05) is 25.1 Å². The Morgan fingerprint density at radius 2 is 2.00 bits per heavy atom. The first kappa shape index (κ1) is 16.5. The summed E-state index contributed by atoms with van der Waals surface area (Å²) in [5.41, 5.74) is 2.85. The highest BCUT2D eigenvalue weighted by Gasteiger charge is 2.10. The first-order valence-electron chi connectivity index (χ1n) is 8.06. The van der Waals surface area contributed by atoms with Crippen LogP contribution in [0.2, 0.25) is 0 Å². The highest BCUT2D eigenvalue weighted by Crippen LogP contribution is 2.20. The maximum atomic E-state index is 11.5. The summed E-state index contributed by atoms with van der Waals surface area (Å²) in [6.45, 7) is 9.35. The normalized spacial score (nSPS) is 11.3. The molecule has 22 heavy (non-hydrogen) atoms. The maximum absolute atomic E-state index is 11.5. The second-order valence-corrected chi connectivity index (χ2v) is 5.47. The van der Waals surface area contributed by atoms with E-state index in [2.05, 4.69) is 35.7 Å². The van der Waals surface area contributed by atoms with Crippen LogP contribution in [0, 0.1) is 0 Å². The Kier molecular flexibility index (Phi) is 5.55. The Balaban J connectivity index is 2.19. The molecule has 1 heterocycles. The average Bonchev–Trinajstić information content (AvgIpc) is 2.84. The van der Waals surface area contributed by atoms with Gasteiger partial charge < -0.3 is 14.8 Å². The van der Waals surface area contributed by atoms with Gasteiger partial charge in [-0.05, 0) is 31.3 Å². The van der Waals surface area contributed by atoms with Gasteiger partial charge in [0, 0.05) is 32.1 Å². The van der Waals surface area contributed by atoms with E-state index in [1.54, 1.807) is 0 Å². The number of hydrogen-bond donors (Lipinski definition) is 1. The van der Waals surface area contributed by atoms with Gasteiger partial charge in [0.2, 0.25) is 5.91 Å². The van der Waals surface area contributed by atoms with Crippen LogP contribution in [0.15, 0.2) is 18.2 Å². The number of hydrogen-bond acceptors (Lipinski definition) is 3. The van der Waals surface area contributed by atoms with Gasteiger partial charge in [-0.25, -0.2) is 4.98 Å². The number of aryl methyl sites for hydroxylation is 1. The lowest BCUT2D eigenvalue weighted by atomic mass is 10.2. The first-order valence-corrected chi connectivity index (χ1v) is 8.06. The zero-order valence-corrected chi connectivity index (χ0v) is 14.0. The average molecular weight is 302 g/mol. The molecule has 0 aliphatic carbocycles. The van der Waals surface area contributed by atoms with Crippen LogP contribution in [0.4, 0.5) is 5.69 Å². The summed E-state index contributed by atoms with van der Waals surface area (Å²) in [7, 11) is 2.05. The lowest BCUT2D eigenvalue weighted by molar-refractivity contribution is -0.115. The van der Waals surface area contributed by atoms with Crippen molar-refractivity contribution in [2.24, 2.45) is 7.05 Å². The molecule has 5 nitrogen and oxygen atoms in total. The predicted octanol–water partition coefficient (Wildman–Crippen LogP) is 2.81. The van der Waals surface area contributed by atoms with E-state index in [0.29, 0.717) is 6.42 Å². The van der Waals surface area contributed by atoms with E-state index < -0.39 is 0 Å². The molecule has 1 N–H and O–H groups in total. The molecule has 0 radical (unpaired) electrons. The molecule has 0 unspecified atom stereocenters. The number of imidazole rings is 1. The molecular weight excluding hydrogens is 276 g/mol. The van der Waals surface area contributed by atoms with Crippen molar-refractivity contribution in [3.63, 3.8) is 0 Å². The molecule has 2 aromatic rings. The predicted molar refractivity (Wildman–Crippen MR) is 91.1 cm³/mol. The van der Waals surface area contributed by atoms with Gasteiger partial charge in [0.25, 0.3) is 0 Å². The molecule has 2 rings (SSSR count). The van der Waals surface area contributed by atoms with Crippen molar-refractivity contribution in [1.29, 1.82) is 0 Å². The molecular formula is C17H26N4O. The van der Waals surface area contributed by atoms with Crippen molar-refractivity contribution >= 4 is 22.6 Å². The van der Waals surface area contributed by atoms with Gasteiger partial charge >= 0.3 is 0 Å². The number of nitrogens with one attached hydrogen (secondary N) is 1. The molecule has 0 saturated heterocycles. The minimum atomic E-state index is 0.0250. The minimum Gasteiger partial charge on any atom is -0.331 e. The number of carbonyl (C=O) groups is 1. The van der Waals surface area contributed by atoms with Crippen LogP contribution in [0.1, 0.15) is 33.0 Å². The highest BCUT2D eigenvalue weighted by molar-refractivity contribution is 5.92. The molecule has 1 amide bonds. The third kappa shape index (κ3) is 3.65. The van der Waals surface area contributed by atoms with E-state index in [-0.39, 0.29) is 5.91 Å². The van der Waals surface area contributed by atoms with Crippen molar-refractivity contribution < 1.29 is 4.79 Å². The maximum Gasteiger partial charge on any atom is 0.224 e. The Morgan fingerprint density at radius 1 is 1.27 bits per heavy atom. The minimum absolute atomic E-state index is 0.0250. The molecule has 5 heteroatoms.